The summed E-state index contributed by atoms with van der Waals surface area (Å²) >= 11 is 0. The highest BCUT2D eigenvalue weighted by molar-refractivity contribution is 5.98. The third-order valence-corrected chi connectivity index (χ3v) is 6.10. The number of aryl methyl sites for hydroxylation is 1. The molecule has 0 unspecified atom stereocenters. The lowest BCUT2D eigenvalue weighted by Crippen LogP contribution is -2.46. The van der Waals surface area contributed by atoms with Crippen molar-refractivity contribution in [2.45, 2.75) is 26.3 Å². The molecule has 3 aliphatic rings. The third kappa shape index (κ3) is 3.48. The number of hydrogen-bond donors (Lipinski definition) is 1. The van der Waals surface area contributed by atoms with E-state index < -0.39 is 0 Å². The third-order valence-electron chi connectivity index (χ3n) is 6.10. The van der Waals surface area contributed by atoms with Crippen LogP contribution in [0.25, 0.3) is 11.2 Å². The van der Waals surface area contributed by atoms with Crippen molar-refractivity contribution in [3.63, 3.8) is 0 Å². The second-order valence-electron chi connectivity index (χ2n) is 8.65. The number of amides is 1. The number of imidazole rings is 1. The van der Waals surface area contributed by atoms with Gasteiger partial charge in [-0.05, 0) is 37.8 Å². The number of hydrogen-bond acceptors (Lipinski definition) is 7. The average molecular weight is 420 g/mol. The first-order chi connectivity index (χ1) is 15.1. The summed E-state index contributed by atoms with van der Waals surface area (Å²) in [5.74, 6) is 2.31. The fourth-order valence-electron chi connectivity index (χ4n) is 4.11. The van der Waals surface area contributed by atoms with Gasteiger partial charge in [0.15, 0.2) is 12.3 Å². The van der Waals surface area contributed by atoms with Crippen molar-refractivity contribution in [1.29, 1.82) is 0 Å². The molecular formula is C22H24N6O3. The fraction of sp³-hybridized carbons (Fsp3) is 0.455. The molecule has 4 heterocycles. The Morgan fingerprint density at radius 2 is 2.03 bits per heavy atom. The Kier molecular flexibility index (Phi) is 4.31. The Morgan fingerprint density at radius 3 is 2.81 bits per heavy atom. The number of nitrogens with zero attached hydrogens (tertiary/aromatic N) is 5. The van der Waals surface area contributed by atoms with Gasteiger partial charge >= 0.3 is 0 Å². The van der Waals surface area contributed by atoms with Crippen LogP contribution in [-0.4, -0.2) is 51.8 Å². The molecule has 3 aromatic rings. The van der Waals surface area contributed by atoms with E-state index in [0.29, 0.717) is 37.4 Å². The van der Waals surface area contributed by atoms with Crippen LogP contribution < -0.4 is 15.0 Å². The Hall–Kier alpha value is -3.20. The Labute approximate surface area is 179 Å². The van der Waals surface area contributed by atoms with E-state index in [1.165, 1.54) is 12.8 Å². The maximum atomic E-state index is 12.4. The van der Waals surface area contributed by atoms with Gasteiger partial charge < -0.3 is 24.3 Å². The molecule has 2 aromatic heterocycles. The molecule has 31 heavy (non-hydrogen) atoms. The highest BCUT2D eigenvalue weighted by atomic mass is 16.5. The van der Waals surface area contributed by atoms with Crippen molar-refractivity contribution >= 4 is 34.4 Å². The quantitative estimate of drug-likeness (QED) is 0.655. The maximum Gasteiger partial charge on any atom is 0.265 e. The maximum absolute atomic E-state index is 12.4. The number of carbonyl (C=O) groups excluding carboxylic acids is 1. The van der Waals surface area contributed by atoms with Crippen molar-refractivity contribution in [3.8, 4) is 5.75 Å². The second kappa shape index (κ2) is 7.19. The van der Waals surface area contributed by atoms with E-state index in [2.05, 4.69) is 19.9 Å². The van der Waals surface area contributed by atoms with Crippen molar-refractivity contribution in [3.05, 3.63) is 30.2 Å². The number of benzene rings is 1. The largest absolute Gasteiger partial charge is 0.481 e. The zero-order valence-corrected chi connectivity index (χ0v) is 17.4. The monoisotopic (exact) mass is 420 g/mol. The van der Waals surface area contributed by atoms with Crippen LogP contribution >= 0.6 is 0 Å². The Morgan fingerprint density at radius 1 is 1.16 bits per heavy atom. The molecule has 2 fully saturated rings. The van der Waals surface area contributed by atoms with Crippen LogP contribution in [0.2, 0.25) is 0 Å². The molecule has 1 aliphatic carbocycles. The van der Waals surface area contributed by atoms with Crippen molar-refractivity contribution in [2.75, 3.05) is 36.6 Å². The molecule has 9 nitrogen and oxygen atoms in total. The number of aromatic nitrogens is 4. The first-order valence-electron chi connectivity index (χ1n) is 10.8. The lowest BCUT2D eigenvalue weighted by molar-refractivity contribution is -0.122. The number of carbonyl (C=O) groups is 1. The van der Waals surface area contributed by atoms with Gasteiger partial charge in [-0.2, -0.15) is 4.98 Å². The molecule has 0 radical (unpaired) electrons. The average Bonchev–Trinajstić information content (AvgIpc) is 3.45. The minimum Gasteiger partial charge on any atom is -0.481 e. The number of fused-ring (bicyclic) bond motifs is 2. The highest BCUT2D eigenvalue weighted by Gasteiger charge is 2.30. The van der Waals surface area contributed by atoms with Crippen molar-refractivity contribution in [1.82, 2.24) is 19.5 Å². The van der Waals surface area contributed by atoms with E-state index in [9.17, 15) is 4.79 Å². The first kappa shape index (κ1) is 18.6. The number of anilines is 3. The second-order valence-corrected chi connectivity index (χ2v) is 8.65. The van der Waals surface area contributed by atoms with E-state index in [0.717, 1.165) is 40.7 Å². The summed E-state index contributed by atoms with van der Waals surface area (Å²) in [4.78, 5) is 28.0. The molecule has 160 valence electrons. The van der Waals surface area contributed by atoms with E-state index in [1.807, 2.05) is 31.5 Å². The molecule has 1 amide bonds. The smallest absolute Gasteiger partial charge is 0.265 e. The summed E-state index contributed by atoms with van der Waals surface area (Å²) in [7, 11) is 0. The summed E-state index contributed by atoms with van der Waals surface area (Å²) in [6.07, 6.45) is 4.41. The van der Waals surface area contributed by atoms with Crippen LogP contribution in [0.15, 0.2) is 24.5 Å². The van der Waals surface area contributed by atoms with Crippen LogP contribution in [0.3, 0.4) is 0 Å². The van der Waals surface area contributed by atoms with Crippen LogP contribution in [0, 0.1) is 18.8 Å². The molecule has 2 aliphatic heterocycles. The SMILES string of the molecule is Cc1nc(Nc2ccc3c(c2)OCC(=O)N3CC2COC2)nc2c1ncn2CC1CC1. The molecule has 0 bridgehead atoms. The molecular weight excluding hydrogens is 396 g/mol. The van der Waals surface area contributed by atoms with Gasteiger partial charge in [-0.3, -0.25) is 4.79 Å². The molecule has 6 rings (SSSR count). The standard InChI is InChI=1S/C22H24N6O3/c1-13-20-21(27(12-23-20)7-14-2-3-14)26-22(24-13)25-16-4-5-17-18(6-16)31-11-19(29)28(17)8-15-9-30-10-15/h4-6,12,14-15H,2-3,7-11H2,1H3,(H,24,25,26). The van der Waals surface area contributed by atoms with Gasteiger partial charge in [0, 0.05) is 30.8 Å². The van der Waals surface area contributed by atoms with Crippen LogP contribution in [0.5, 0.6) is 5.75 Å². The lowest BCUT2D eigenvalue weighted by Gasteiger charge is -2.35. The number of nitrogens with one attached hydrogen (secondary N) is 1. The summed E-state index contributed by atoms with van der Waals surface area (Å²) in [6, 6.07) is 5.74. The molecule has 1 N–H and O–H groups in total. The minimum absolute atomic E-state index is 0.0200. The lowest BCUT2D eigenvalue weighted by atomic mass is 10.1. The van der Waals surface area contributed by atoms with Crippen molar-refractivity contribution in [2.24, 2.45) is 11.8 Å². The van der Waals surface area contributed by atoms with Gasteiger partial charge in [0.1, 0.15) is 11.3 Å². The topological polar surface area (TPSA) is 94.4 Å². The molecule has 9 heteroatoms. The zero-order valence-electron chi connectivity index (χ0n) is 17.4. The van der Waals surface area contributed by atoms with E-state index in [-0.39, 0.29) is 12.5 Å². The van der Waals surface area contributed by atoms with E-state index in [4.69, 9.17) is 14.5 Å². The first-order valence-corrected chi connectivity index (χ1v) is 10.8. The molecule has 0 spiro atoms. The molecule has 1 saturated carbocycles. The predicted octanol–water partition coefficient (Wildman–Crippen LogP) is 2.66. The van der Waals surface area contributed by atoms with Crippen molar-refractivity contribution < 1.29 is 14.3 Å². The van der Waals surface area contributed by atoms with Gasteiger partial charge in [0.2, 0.25) is 5.95 Å². The normalized spacial score (nSPS) is 18.6. The Balaban J connectivity index is 1.27. The van der Waals surface area contributed by atoms with Crippen LogP contribution in [0.4, 0.5) is 17.3 Å². The van der Waals surface area contributed by atoms with E-state index in [1.54, 1.807) is 4.90 Å². The summed E-state index contributed by atoms with van der Waals surface area (Å²) in [5.41, 5.74) is 4.15. The van der Waals surface area contributed by atoms with Crippen LogP contribution in [-0.2, 0) is 16.1 Å². The van der Waals surface area contributed by atoms with Gasteiger partial charge in [0.05, 0.1) is 30.9 Å². The summed E-state index contributed by atoms with van der Waals surface area (Å²) in [5, 5.41) is 3.30. The van der Waals surface area contributed by atoms with E-state index >= 15 is 0 Å². The Bertz CT molecular complexity index is 1170. The highest BCUT2D eigenvalue weighted by Crippen LogP contribution is 2.36. The minimum atomic E-state index is -0.0200. The van der Waals surface area contributed by atoms with Gasteiger partial charge in [-0.1, -0.05) is 0 Å². The fourth-order valence-corrected chi connectivity index (χ4v) is 4.11. The van der Waals surface area contributed by atoms with Gasteiger partial charge in [-0.15, -0.1) is 0 Å². The number of ether oxygens (including phenoxy) is 2. The summed E-state index contributed by atoms with van der Waals surface area (Å²) in [6.45, 7) is 5.02. The molecule has 1 saturated heterocycles. The molecule has 0 atom stereocenters. The summed E-state index contributed by atoms with van der Waals surface area (Å²) < 4.78 is 13.1. The van der Waals surface area contributed by atoms with Gasteiger partial charge in [-0.25, -0.2) is 9.97 Å². The number of rotatable bonds is 6. The zero-order chi connectivity index (χ0) is 20.9. The predicted molar refractivity (Wildman–Crippen MR) is 115 cm³/mol. The van der Waals surface area contributed by atoms with Crippen LogP contribution in [0.1, 0.15) is 18.5 Å². The van der Waals surface area contributed by atoms with Gasteiger partial charge in [0.25, 0.3) is 5.91 Å². The molecule has 1 aromatic carbocycles.